The number of piperazine rings is 1. The summed E-state index contributed by atoms with van der Waals surface area (Å²) in [4.78, 5) is 4.40. The maximum atomic E-state index is 13.3. The average molecular weight is 345 g/mol. The number of hydrogen-bond acceptors (Lipinski definition) is 4. The van der Waals surface area contributed by atoms with Crippen molar-refractivity contribution in [1.29, 1.82) is 0 Å². The molecule has 5 nitrogen and oxygen atoms in total. The highest BCUT2D eigenvalue weighted by molar-refractivity contribution is 9.10. The summed E-state index contributed by atoms with van der Waals surface area (Å²) in [5, 5.41) is 11.5. The van der Waals surface area contributed by atoms with Crippen LogP contribution in [0.15, 0.2) is 27.8 Å². The number of amidine groups is 1. The molecule has 110 valence electrons. The molecule has 3 N–H and O–H groups in total. The summed E-state index contributed by atoms with van der Waals surface area (Å²) in [6.45, 7) is 4.68. The van der Waals surface area contributed by atoms with Crippen LogP contribution in [0.25, 0.3) is 0 Å². The highest BCUT2D eigenvalue weighted by Gasteiger charge is 2.18. The number of nitrogens with zero attached hydrogens (tertiary/aromatic N) is 3. The van der Waals surface area contributed by atoms with Crippen molar-refractivity contribution in [2.24, 2.45) is 10.9 Å². The van der Waals surface area contributed by atoms with Crippen LogP contribution in [-0.2, 0) is 6.54 Å². The molecule has 0 amide bonds. The first-order chi connectivity index (χ1) is 9.56. The zero-order valence-electron chi connectivity index (χ0n) is 11.1. The molecular weight excluding hydrogens is 327 g/mol. The van der Waals surface area contributed by atoms with E-state index >= 15 is 0 Å². The third-order valence-corrected chi connectivity index (χ3v) is 3.77. The average Bonchev–Trinajstić information content (AvgIpc) is 2.39. The molecule has 0 aliphatic carbocycles. The first-order valence-electron chi connectivity index (χ1n) is 6.43. The van der Waals surface area contributed by atoms with Crippen molar-refractivity contribution in [2.45, 2.75) is 6.54 Å². The number of hydrogen-bond donors (Lipinski definition) is 2. The largest absolute Gasteiger partial charge is 0.409 e. The van der Waals surface area contributed by atoms with Crippen LogP contribution in [0.3, 0.4) is 0 Å². The van der Waals surface area contributed by atoms with Gasteiger partial charge in [-0.3, -0.25) is 9.80 Å². The number of benzene rings is 1. The molecule has 0 radical (unpaired) electrons. The molecule has 1 saturated heterocycles. The van der Waals surface area contributed by atoms with E-state index in [1.54, 1.807) is 6.07 Å². The van der Waals surface area contributed by atoms with Crippen LogP contribution in [0.2, 0.25) is 0 Å². The zero-order valence-corrected chi connectivity index (χ0v) is 12.7. The second-order valence-corrected chi connectivity index (χ2v) is 5.84. The van der Waals surface area contributed by atoms with Crippen LogP contribution < -0.4 is 5.73 Å². The van der Waals surface area contributed by atoms with Gasteiger partial charge < -0.3 is 10.9 Å². The molecule has 1 aliphatic heterocycles. The van der Waals surface area contributed by atoms with E-state index in [0.29, 0.717) is 6.54 Å². The Morgan fingerprint density at radius 2 is 1.90 bits per heavy atom. The topological polar surface area (TPSA) is 65.1 Å². The molecule has 1 aromatic rings. The Labute approximate surface area is 126 Å². The van der Waals surface area contributed by atoms with Gasteiger partial charge in [0.25, 0.3) is 0 Å². The molecular formula is C13H18BrFN4O. The van der Waals surface area contributed by atoms with Crippen LogP contribution in [0.4, 0.5) is 4.39 Å². The Balaban J connectivity index is 1.85. The normalized spacial score (nSPS) is 18.4. The first kappa shape index (κ1) is 15.2. The fourth-order valence-electron chi connectivity index (χ4n) is 2.33. The minimum Gasteiger partial charge on any atom is -0.409 e. The molecule has 0 atom stereocenters. The van der Waals surface area contributed by atoms with Crippen molar-refractivity contribution in [3.8, 4) is 0 Å². The monoisotopic (exact) mass is 344 g/mol. The van der Waals surface area contributed by atoms with E-state index in [-0.39, 0.29) is 11.7 Å². The Kier molecular flexibility index (Phi) is 5.33. The minimum atomic E-state index is -0.222. The molecule has 0 spiro atoms. The lowest BCUT2D eigenvalue weighted by atomic mass is 10.2. The highest BCUT2D eigenvalue weighted by Crippen LogP contribution is 2.17. The van der Waals surface area contributed by atoms with Crippen molar-refractivity contribution < 1.29 is 9.60 Å². The SMILES string of the molecule is NC(CN1CCN(Cc2cc(F)cc(Br)c2)CC1)=NO. The predicted octanol–water partition coefficient (Wildman–Crippen LogP) is 1.45. The van der Waals surface area contributed by atoms with Gasteiger partial charge in [-0.15, -0.1) is 0 Å². The molecule has 0 bridgehead atoms. The van der Waals surface area contributed by atoms with Crippen LogP contribution in [0.5, 0.6) is 0 Å². The van der Waals surface area contributed by atoms with E-state index in [9.17, 15) is 4.39 Å². The van der Waals surface area contributed by atoms with Gasteiger partial charge in [0.15, 0.2) is 5.84 Å². The number of nitrogens with two attached hydrogens (primary N) is 1. The maximum Gasteiger partial charge on any atom is 0.153 e. The number of oxime groups is 1. The summed E-state index contributed by atoms with van der Waals surface area (Å²) in [7, 11) is 0. The third kappa shape index (κ3) is 4.43. The lowest BCUT2D eigenvalue weighted by molar-refractivity contribution is 0.139. The molecule has 1 aromatic carbocycles. The molecule has 1 fully saturated rings. The summed E-state index contributed by atoms with van der Waals surface area (Å²) >= 11 is 3.30. The van der Waals surface area contributed by atoms with Gasteiger partial charge in [0.1, 0.15) is 5.82 Å². The third-order valence-electron chi connectivity index (χ3n) is 3.31. The minimum absolute atomic E-state index is 0.222. The van der Waals surface area contributed by atoms with Crippen LogP contribution in [0.1, 0.15) is 5.56 Å². The lowest BCUT2D eigenvalue weighted by Gasteiger charge is -2.34. The predicted molar refractivity (Wildman–Crippen MR) is 79.2 cm³/mol. The standard InChI is InChI=1S/C13H18BrFN4O/c14-11-5-10(6-12(15)7-11)8-18-1-3-19(4-2-18)9-13(16)17-20/h5-7,20H,1-4,8-9H2,(H2,16,17). The van der Waals surface area contributed by atoms with Crippen molar-refractivity contribution >= 4 is 21.8 Å². The van der Waals surface area contributed by atoms with Gasteiger partial charge in [0.2, 0.25) is 0 Å². The van der Waals surface area contributed by atoms with Crippen molar-refractivity contribution in [3.63, 3.8) is 0 Å². The highest BCUT2D eigenvalue weighted by atomic mass is 79.9. The summed E-state index contributed by atoms with van der Waals surface area (Å²) in [5.74, 6) is 0.00690. The summed E-state index contributed by atoms with van der Waals surface area (Å²) in [6, 6.07) is 4.96. The quantitative estimate of drug-likeness (QED) is 0.375. The van der Waals surface area contributed by atoms with Crippen LogP contribution >= 0.6 is 15.9 Å². The van der Waals surface area contributed by atoms with E-state index in [4.69, 9.17) is 10.9 Å². The van der Waals surface area contributed by atoms with Crippen LogP contribution in [-0.4, -0.2) is 53.6 Å². The second-order valence-electron chi connectivity index (χ2n) is 4.92. The lowest BCUT2D eigenvalue weighted by Crippen LogP contribution is -2.48. The van der Waals surface area contributed by atoms with E-state index in [1.807, 2.05) is 6.07 Å². The van der Waals surface area contributed by atoms with E-state index in [2.05, 4.69) is 30.9 Å². The van der Waals surface area contributed by atoms with Gasteiger partial charge in [-0.05, 0) is 23.8 Å². The Morgan fingerprint density at radius 3 is 2.50 bits per heavy atom. The fraction of sp³-hybridized carbons (Fsp3) is 0.462. The van der Waals surface area contributed by atoms with Gasteiger partial charge in [-0.1, -0.05) is 21.1 Å². The Bertz CT molecular complexity index is 469. The molecule has 7 heteroatoms. The van der Waals surface area contributed by atoms with E-state index in [1.165, 1.54) is 6.07 Å². The van der Waals surface area contributed by atoms with E-state index in [0.717, 1.165) is 42.8 Å². The number of halogens is 2. The molecule has 1 aliphatic rings. The van der Waals surface area contributed by atoms with Gasteiger partial charge in [0, 0.05) is 37.2 Å². The van der Waals surface area contributed by atoms with Crippen LogP contribution in [0, 0.1) is 5.82 Å². The molecule has 2 rings (SSSR count). The first-order valence-corrected chi connectivity index (χ1v) is 7.22. The second kappa shape index (κ2) is 7.01. The Hall–Kier alpha value is -1.18. The maximum absolute atomic E-state index is 13.3. The summed E-state index contributed by atoms with van der Waals surface area (Å²) in [6.07, 6.45) is 0. The Morgan fingerprint density at radius 1 is 1.25 bits per heavy atom. The number of rotatable bonds is 4. The van der Waals surface area contributed by atoms with E-state index < -0.39 is 0 Å². The van der Waals surface area contributed by atoms with Gasteiger partial charge in [-0.2, -0.15) is 0 Å². The fourth-order valence-corrected chi connectivity index (χ4v) is 2.84. The van der Waals surface area contributed by atoms with Crippen molar-refractivity contribution in [1.82, 2.24) is 9.80 Å². The molecule has 20 heavy (non-hydrogen) atoms. The molecule has 0 unspecified atom stereocenters. The van der Waals surface area contributed by atoms with Gasteiger partial charge >= 0.3 is 0 Å². The van der Waals surface area contributed by atoms with Crippen molar-refractivity contribution in [2.75, 3.05) is 32.7 Å². The molecule has 1 heterocycles. The zero-order chi connectivity index (χ0) is 14.5. The van der Waals surface area contributed by atoms with Gasteiger partial charge in [0.05, 0.1) is 6.54 Å². The summed E-state index contributed by atoms with van der Waals surface area (Å²) < 4.78 is 14.1. The van der Waals surface area contributed by atoms with Gasteiger partial charge in [-0.25, -0.2) is 4.39 Å². The summed E-state index contributed by atoms with van der Waals surface area (Å²) in [5.41, 5.74) is 6.45. The molecule has 0 saturated carbocycles. The molecule has 0 aromatic heterocycles. The van der Waals surface area contributed by atoms with Crippen molar-refractivity contribution in [3.05, 3.63) is 34.1 Å². The smallest absolute Gasteiger partial charge is 0.153 e.